The van der Waals surface area contributed by atoms with Crippen LogP contribution in [0.3, 0.4) is 0 Å². The SMILES string of the molecule is COCC(=O)N1CCC(NC2CCN(C(C)C)C2)CC1. The van der Waals surface area contributed by atoms with E-state index in [4.69, 9.17) is 4.74 Å². The Bertz CT molecular complexity index is 314. The Morgan fingerprint density at radius 3 is 2.40 bits per heavy atom. The predicted molar refractivity (Wildman–Crippen MR) is 79.7 cm³/mol. The van der Waals surface area contributed by atoms with E-state index in [-0.39, 0.29) is 12.5 Å². The highest BCUT2D eigenvalue weighted by molar-refractivity contribution is 5.77. The van der Waals surface area contributed by atoms with E-state index in [0.717, 1.165) is 25.9 Å². The van der Waals surface area contributed by atoms with E-state index in [9.17, 15) is 4.79 Å². The van der Waals surface area contributed by atoms with Crippen molar-refractivity contribution in [2.24, 2.45) is 0 Å². The second-order valence-electron chi connectivity index (χ2n) is 6.33. The Labute approximate surface area is 122 Å². The first-order valence-electron chi connectivity index (χ1n) is 7.87. The Balaban J connectivity index is 1.69. The van der Waals surface area contributed by atoms with Crippen LogP contribution in [0.5, 0.6) is 0 Å². The van der Waals surface area contributed by atoms with E-state index >= 15 is 0 Å². The molecule has 2 fully saturated rings. The van der Waals surface area contributed by atoms with Crippen LogP contribution in [-0.2, 0) is 9.53 Å². The van der Waals surface area contributed by atoms with Crippen molar-refractivity contribution < 1.29 is 9.53 Å². The number of rotatable bonds is 5. The van der Waals surface area contributed by atoms with Gasteiger partial charge in [-0.3, -0.25) is 9.69 Å². The minimum absolute atomic E-state index is 0.123. The number of hydrogen-bond donors (Lipinski definition) is 1. The minimum atomic E-state index is 0.123. The summed E-state index contributed by atoms with van der Waals surface area (Å²) in [5, 5.41) is 3.78. The first-order chi connectivity index (χ1) is 9.60. The molecule has 0 aromatic carbocycles. The van der Waals surface area contributed by atoms with Crippen LogP contribution in [0.4, 0.5) is 0 Å². The quantitative estimate of drug-likeness (QED) is 0.806. The van der Waals surface area contributed by atoms with E-state index < -0.39 is 0 Å². The molecule has 0 aromatic heterocycles. The molecule has 2 saturated heterocycles. The number of methoxy groups -OCH3 is 1. The van der Waals surface area contributed by atoms with Crippen molar-refractivity contribution in [2.75, 3.05) is 39.9 Å². The van der Waals surface area contributed by atoms with Crippen LogP contribution in [-0.4, -0.2) is 73.7 Å². The third kappa shape index (κ3) is 4.17. The smallest absolute Gasteiger partial charge is 0.248 e. The summed E-state index contributed by atoms with van der Waals surface area (Å²) in [6, 6.07) is 1.85. The van der Waals surface area contributed by atoms with Gasteiger partial charge >= 0.3 is 0 Å². The van der Waals surface area contributed by atoms with Gasteiger partial charge in [-0.15, -0.1) is 0 Å². The van der Waals surface area contributed by atoms with Gasteiger partial charge in [0.15, 0.2) is 0 Å². The normalized spacial score (nSPS) is 25.6. The number of carbonyl (C=O) groups is 1. The van der Waals surface area contributed by atoms with E-state index in [1.54, 1.807) is 7.11 Å². The first-order valence-corrected chi connectivity index (χ1v) is 7.87. The summed E-state index contributed by atoms with van der Waals surface area (Å²) < 4.78 is 4.91. The molecule has 0 aromatic rings. The van der Waals surface area contributed by atoms with Gasteiger partial charge in [-0.05, 0) is 39.7 Å². The van der Waals surface area contributed by atoms with Gasteiger partial charge in [0.2, 0.25) is 5.91 Å². The van der Waals surface area contributed by atoms with Gasteiger partial charge in [0.25, 0.3) is 0 Å². The maximum Gasteiger partial charge on any atom is 0.248 e. The fourth-order valence-corrected chi connectivity index (χ4v) is 3.24. The molecule has 1 unspecified atom stereocenters. The zero-order valence-electron chi connectivity index (χ0n) is 13.1. The predicted octanol–water partition coefficient (Wildman–Crippen LogP) is 0.696. The highest BCUT2D eigenvalue weighted by Crippen LogP contribution is 2.16. The van der Waals surface area contributed by atoms with Crippen molar-refractivity contribution in [2.45, 2.75) is 51.2 Å². The standard InChI is InChI=1S/C15H29N3O2/c1-12(2)18-9-6-14(10-18)16-13-4-7-17(8-5-13)15(19)11-20-3/h12-14,16H,4-11H2,1-3H3. The zero-order valence-corrected chi connectivity index (χ0v) is 13.1. The number of likely N-dealkylation sites (tertiary alicyclic amines) is 2. The Morgan fingerprint density at radius 1 is 1.20 bits per heavy atom. The number of piperidine rings is 1. The first kappa shape index (κ1) is 15.7. The summed E-state index contributed by atoms with van der Waals surface area (Å²) in [4.78, 5) is 16.2. The van der Waals surface area contributed by atoms with E-state index in [2.05, 4.69) is 24.1 Å². The number of carbonyl (C=O) groups excluding carboxylic acids is 1. The molecule has 0 bridgehead atoms. The Kier molecular flexibility index (Phi) is 5.81. The molecule has 2 heterocycles. The van der Waals surface area contributed by atoms with Gasteiger partial charge in [0.05, 0.1) is 0 Å². The molecule has 1 amide bonds. The summed E-state index contributed by atoms with van der Waals surface area (Å²) in [6.07, 6.45) is 3.38. The van der Waals surface area contributed by atoms with Crippen molar-refractivity contribution in [3.05, 3.63) is 0 Å². The topological polar surface area (TPSA) is 44.8 Å². The van der Waals surface area contributed by atoms with Crippen LogP contribution in [0.2, 0.25) is 0 Å². The number of ether oxygens (including phenoxy) is 1. The van der Waals surface area contributed by atoms with Crippen LogP contribution < -0.4 is 5.32 Å². The lowest BCUT2D eigenvalue weighted by molar-refractivity contribution is -0.136. The van der Waals surface area contributed by atoms with Gasteiger partial charge in [0.1, 0.15) is 6.61 Å². The molecule has 1 atom stereocenters. The van der Waals surface area contributed by atoms with Crippen LogP contribution in [0.1, 0.15) is 33.1 Å². The molecule has 0 aliphatic carbocycles. The Morgan fingerprint density at radius 2 is 1.85 bits per heavy atom. The summed E-state index contributed by atoms with van der Waals surface area (Å²) >= 11 is 0. The van der Waals surface area contributed by atoms with Gasteiger partial charge in [-0.2, -0.15) is 0 Å². The van der Waals surface area contributed by atoms with Crippen LogP contribution >= 0.6 is 0 Å². The molecule has 2 aliphatic heterocycles. The third-order valence-corrected chi connectivity index (χ3v) is 4.54. The van der Waals surface area contributed by atoms with Crippen molar-refractivity contribution >= 4 is 5.91 Å². The maximum atomic E-state index is 11.7. The highest BCUT2D eigenvalue weighted by atomic mass is 16.5. The second-order valence-corrected chi connectivity index (χ2v) is 6.33. The van der Waals surface area contributed by atoms with Crippen molar-refractivity contribution in [1.29, 1.82) is 0 Å². The summed E-state index contributed by atoms with van der Waals surface area (Å²) in [6.45, 7) is 8.84. The van der Waals surface area contributed by atoms with Gasteiger partial charge in [-0.1, -0.05) is 0 Å². The number of nitrogens with zero attached hydrogens (tertiary/aromatic N) is 2. The van der Waals surface area contributed by atoms with Crippen molar-refractivity contribution in [3.63, 3.8) is 0 Å². The van der Waals surface area contributed by atoms with Gasteiger partial charge in [-0.25, -0.2) is 0 Å². The molecular formula is C15H29N3O2. The highest BCUT2D eigenvalue weighted by Gasteiger charge is 2.28. The van der Waals surface area contributed by atoms with Gasteiger partial charge < -0.3 is 15.0 Å². The fourth-order valence-electron chi connectivity index (χ4n) is 3.24. The van der Waals surface area contributed by atoms with E-state index in [1.165, 1.54) is 19.5 Å². The van der Waals surface area contributed by atoms with Crippen LogP contribution in [0.15, 0.2) is 0 Å². The van der Waals surface area contributed by atoms with E-state index in [1.807, 2.05) is 4.90 Å². The number of hydrogen-bond acceptors (Lipinski definition) is 4. The molecule has 0 saturated carbocycles. The molecule has 20 heavy (non-hydrogen) atoms. The Hall–Kier alpha value is -0.650. The molecule has 2 aliphatic rings. The van der Waals surface area contributed by atoms with Gasteiger partial charge in [0, 0.05) is 44.9 Å². The average Bonchev–Trinajstić information content (AvgIpc) is 2.88. The van der Waals surface area contributed by atoms with E-state index in [0.29, 0.717) is 18.1 Å². The second kappa shape index (κ2) is 7.38. The lowest BCUT2D eigenvalue weighted by Gasteiger charge is -2.34. The molecule has 0 radical (unpaired) electrons. The molecule has 1 N–H and O–H groups in total. The number of amides is 1. The molecule has 5 nitrogen and oxygen atoms in total. The summed E-state index contributed by atoms with van der Waals surface area (Å²) in [7, 11) is 1.58. The average molecular weight is 283 g/mol. The van der Waals surface area contributed by atoms with Crippen molar-refractivity contribution in [1.82, 2.24) is 15.1 Å². The largest absolute Gasteiger partial charge is 0.375 e. The molecule has 0 spiro atoms. The van der Waals surface area contributed by atoms with Crippen LogP contribution in [0.25, 0.3) is 0 Å². The lowest BCUT2D eigenvalue weighted by atomic mass is 10.0. The molecule has 5 heteroatoms. The monoisotopic (exact) mass is 283 g/mol. The minimum Gasteiger partial charge on any atom is -0.375 e. The number of nitrogens with one attached hydrogen (secondary N) is 1. The molecular weight excluding hydrogens is 254 g/mol. The van der Waals surface area contributed by atoms with Crippen LogP contribution in [0, 0.1) is 0 Å². The zero-order chi connectivity index (χ0) is 14.5. The fraction of sp³-hybridized carbons (Fsp3) is 0.933. The third-order valence-electron chi connectivity index (χ3n) is 4.54. The summed E-state index contributed by atoms with van der Waals surface area (Å²) in [5.41, 5.74) is 0. The summed E-state index contributed by atoms with van der Waals surface area (Å²) in [5.74, 6) is 0.123. The lowest BCUT2D eigenvalue weighted by Crippen LogP contribution is -2.49. The molecule has 116 valence electrons. The van der Waals surface area contributed by atoms with Crippen molar-refractivity contribution in [3.8, 4) is 0 Å². The molecule has 2 rings (SSSR count). The maximum absolute atomic E-state index is 11.7.